The maximum Gasteiger partial charge on any atom is 0.330 e. The number of amides is 1. The van der Waals surface area contributed by atoms with E-state index in [4.69, 9.17) is 15.3 Å². The number of carboxylic acid groups (broad SMARTS) is 1. The molecule has 0 aliphatic carbocycles. The topological polar surface area (TPSA) is 118 Å². The van der Waals surface area contributed by atoms with E-state index in [1.54, 1.807) is 25.1 Å². The van der Waals surface area contributed by atoms with Gasteiger partial charge in [-0.2, -0.15) is 0 Å². The van der Waals surface area contributed by atoms with Crippen LogP contribution >= 0.6 is 0 Å². The van der Waals surface area contributed by atoms with Crippen LogP contribution in [0, 0.1) is 6.92 Å². The zero-order valence-corrected chi connectivity index (χ0v) is 9.51. The number of aryl methyl sites for hydroxylation is 1. The van der Waals surface area contributed by atoms with Crippen molar-refractivity contribution in [1.82, 2.24) is 4.98 Å². The van der Waals surface area contributed by atoms with E-state index >= 15 is 0 Å². The Hall–Kier alpha value is -2.41. The second-order valence-corrected chi connectivity index (χ2v) is 3.72. The van der Waals surface area contributed by atoms with Crippen LogP contribution in [0.3, 0.4) is 0 Å². The molecule has 94 valence electrons. The van der Waals surface area contributed by atoms with Crippen molar-refractivity contribution in [3.05, 3.63) is 24.1 Å². The Morgan fingerprint density at radius 1 is 1.50 bits per heavy atom. The molecule has 0 aliphatic heterocycles. The molecule has 1 amide bonds. The average molecular weight is 249 g/mol. The van der Waals surface area contributed by atoms with Gasteiger partial charge in [-0.05, 0) is 12.1 Å². The number of nitrogens with zero attached hydrogens (tertiary/aromatic N) is 1. The van der Waals surface area contributed by atoms with E-state index in [9.17, 15) is 9.59 Å². The van der Waals surface area contributed by atoms with Crippen molar-refractivity contribution in [3.8, 4) is 0 Å². The Bertz CT molecular complexity index is 620. The first-order valence-corrected chi connectivity index (χ1v) is 5.14. The molecule has 1 unspecified atom stereocenters. The first-order valence-electron chi connectivity index (χ1n) is 5.14. The fourth-order valence-electron chi connectivity index (χ4n) is 1.45. The Balaban J connectivity index is 2.21. The maximum absolute atomic E-state index is 11.4. The number of fused-ring (bicyclic) bond motifs is 1. The summed E-state index contributed by atoms with van der Waals surface area (Å²) in [5, 5.41) is 11.0. The van der Waals surface area contributed by atoms with Crippen LogP contribution in [0.15, 0.2) is 22.6 Å². The van der Waals surface area contributed by atoms with Crippen molar-refractivity contribution in [1.29, 1.82) is 0 Å². The van der Waals surface area contributed by atoms with Crippen LogP contribution in [0.1, 0.15) is 5.89 Å². The molecule has 7 nitrogen and oxygen atoms in total. The molecular weight excluding hydrogens is 238 g/mol. The van der Waals surface area contributed by atoms with E-state index < -0.39 is 17.9 Å². The number of aromatic nitrogens is 1. The van der Waals surface area contributed by atoms with Gasteiger partial charge >= 0.3 is 5.97 Å². The quantitative estimate of drug-likeness (QED) is 0.681. The number of carboxylic acids is 1. The molecule has 4 N–H and O–H groups in total. The van der Waals surface area contributed by atoms with E-state index in [-0.39, 0.29) is 0 Å². The Morgan fingerprint density at radius 3 is 2.89 bits per heavy atom. The molecule has 1 aromatic carbocycles. The molecule has 0 saturated heterocycles. The smallest absolute Gasteiger partial charge is 0.330 e. The number of nitrogens with one attached hydrogen (secondary N) is 1. The normalized spacial score (nSPS) is 12.3. The number of oxazole rings is 1. The second-order valence-electron chi connectivity index (χ2n) is 3.72. The molecule has 0 fully saturated rings. The molecule has 18 heavy (non-hydrogen) atoms. The van der Waals surface area contributed by atoms with Crippen LogP contribution in [0.2, 0.25) is 0 Å². The summed E-state index contributed by atoms with van der Waals surface area (Å²) in [7, 11) is 0. The van der Waals surface area contributed by atoms with Gasteiger partial charge in [0.1, 0.15) is 5.52 Å². The highest BCUT2D eigenvalue weighted by molar-refractivity contribution is 6.07. The van der Waals surface area contributed by atoms with Gasteiger partial charge in [0.25, 0.3) is 5.91 Å². The molecule has 1 aromatic heterocycles. The van der Waals surface area contributed by atoms with Crippen LogP contribution < -0.4 is 11.1 Å². The average Bonchev–Trinajstić information content (AvgIpc) is 2.67. The van der Waals surface area contributed by atoms with Gasteiger partial charge in [0.15, 0.2) is 17.5 Å². The highest BCUT2D eigenvalue weighted by Gasteiger charge is 2.21. The van der Waals surface area contributed by atoms with Crippen LogP contribution in [0.4, 0.5) is 5.69 Å². The molecule has 0 aliphatic rings. The Kier molecular flexibility index (Phi) is 2.99. The Labute approximate surface area is 102 Å². The number of carbonyl (C=O) groups is 2. The fraction of sp³-hybridized carbons (Fsp3) is 0.182. The number of hydrogen-bond acceptors (Lipinski definition) is 5. The molecular formula is C11H11N3O4. The molecule has 0 spiro atoms. The summed E-state index contributed by atoms with van der Waals surface area (Å²) in [5.74, 6) is -1.67. The van der Waals surface area contributed by atoms with Gasteiger partial charge in [0, 0.05) is 18.7 Å². The number of anilines is 1. The van der Waals surface area contributed by atoms with E-state index in [1.165, 1.54) is 0 Å². The number of rotatable bonds is 3. The summed E-state index contributed by atoms with van der Waals surface area (Å²) in [6.07, 6.45) is 0. The minimum Gasteiger partial charge on any atom is -0.480 e. The van der Waals surface area contributed by atoms with Gasteiger partial charge < -0.3 is 20.6 Å². The molecule has 0 saturated carbocycles. The van der Waals surface area contributed by atoms with Gasteiger partial charge in [0.05, 0.1) is 0 Å². The lowest BCUT2D eigenvalue weighted by molar-refractivity contribution is -0.141. The van der Waals surface area contributed by atoms with Gasteiger partial charge in [-0.3, -0.25) is 4.79 Å². The molecule has 0 bridgehead atoms. The zero-order valence-electron chi connectivity index (χ0n) is 9.51. The van der Waals surface area contributed by atoms with Crippen molar-refractivity contribution >= 4 is 28.7 Å². The maximum atomic E-state index is 11.4. The predicted octanol–water partition coefficient (Wildman–Crippen LogP) is 0.487. The lowest BCUT2D eigenvalue weighted by Crippen LogP contribution is -2.42. The van der Waals surface area contributed by atoms with Gasteiger partial charge in [-0.25, -0.2) is 9.78 Å². The van der Waals surface area contributed by atoms with Gasteiger partial charge in [0.2, 0.25) is 0 Å². The first-order chi connectivity index (χ1) is 8.47. The minimum absolute atomic E-state index is 0.403. The largest absolute Gasteiger partial charge is 0.480 e. The van der Waals surface area contributed by atoms with Gasteiger partial charge in [-0.1, -0.05) is 0 Å². The van der Waals surface area contributed by atoms with Crippen molar-refractivity contribution in [2.24, 2.45) is 5.73 Å². The minimum atomic E-state index is -1.60. The van der Waals surface area contributed by atoms with Gasteiger partial charge in [-0.15, -0.1) is 0 Å². The third-order valence-electron chi connectivity index (χ3n) is 2.31. The number of benzene rings is 1. The first kappa shape index (κ1) is 12.1. The molecule has 1 atom stereocenters. The number of carbonyl (C=O) groups excluding carboxylic acids is 1. The lowest BCUT2D eigenvalue weighted by Gasteiger charge is -2.07. The summed E-state index contributed by atoms with van der Waals surface area (Å²) in [6.45, 7) is 1.71. The highest BCUT2D eigenvalue weighted by Crippen LogP contribution is 2.19. The van der Waals surface area contributed by atoms with Crippen molar-refractivity contribution in [2.75, 3.05) is 5.32 Å². The predicted molar refractivity (Wildman–Crippen MR) is 63.0 cm³/mol. The van der Waals surface area contributed by atoms with Crippen LogP contribution in [0.5, 0.6) is 0 Å². The molecule has 0 radical (unpaired) electrons. The monoisotopic (exact) mass is 249 g/mol. The van der Waals surface area contributed by atoms with Crippen LogP contribution in [-0.4, -0.2) is 28.0 Å². The van der Waals surface area contributed by atoms with E-state index in [0.29, 0.717) is 22.7 Å². The standard InChI is InChI=1S/C11H11N3O4/c1-5-13-7-3-2-6(4-8(7)18-5)14-10(15)9(12)11(16)17/h2-4,9H,12H2,1H3,(H,14,15)(H,16,17). The fourth-order valence-corrected chi connectivity index (χ4v) is 1.45. The summed E-state index contributed by atoms with van der Waals surface area (Å²) in [6, 6.07) is 3.21. The number of hydrogen-bond donors (Lipinski definition) is 3. The summed E-state index contributed by atoms with van der Waals surface area (Å²) in [4.78, 5) is 26.1. The third kappa shape index (κ3) is 2.30. The summed E-state index contributed by atoms with van der Waals surface area (Å²) < 4.78 is 5.29. The van der Waals surface area contributed by atoms with E-state index in [1.807, 2.05) is 0 Å². The molecule has 7 heteroatoms. The van der Waals surface area contributed by atoms with Crippen LogP contribution in [-0.2, 0) is 9.59 Å². The van der Waals surface area contributed by atoms with Crippen molar-refractivity contribution < 1.29 is 19.1 Å². The molecule has 2 rings (SSSR count). The zero-order chi connectivity index (χ0) is 13.3. The molecule has 1 heterocycles. The summed E-state index contributed by atoms with van der Waals surface area (Å²) >= 11 is 0. The van der Waals surface area contributed by atoms with Crippen LogP contribution in [0.25, 0.3) is 11.1 Å². The molecule has 2 aromatic rings. The highest BCUT2D eigenvalue weighted by atomic mass is 16.4. The van der Waals surface area contributed by atoms with Crippen molar-refractivity contribution in [2.45, 2.75) is 13.0 Å². The lowest BCUT2D eigenvalue weighted by atomic mass is 10.2. The third-order valence-corrected chi connectivity index (χ3v) is 2.31. The van der Waals surface area contributed by atoms with Crippen molar-refractivity contribution in [3.63, 3.8) is 0 Å². The van der Waals surface area contributed by atoms with E-state index in [2.05, 4.69) is 10.3 Å². The summed E-state index contributed by atoms with van der Waals surface area (Å²) in [5.41, 5.74) is 6.75. The second kappa shape index (κ2) is 4.46. The Morgan fingerprint density at radius 2 is 2.22 bits per heavy atom. The number of nitrogens with two attached hydrogens (primary N) is 1. The number of aliphatic carboxylic acids is 1. The SMILES string of the molecule is Cc1nc2ccc(NC(=O)C(N)C(=O)O)cc2o1. The van der Waals surface area contributed by atoms with E-state index in [0.717, 1.165) is 0 Å².